The number of carbonyl (C=O) groups excluding carboxylic acids is 1. The topological polar surface area (TPSA) is 79.7 Å². The molecule has 1 aromatic rings. The van der Waals surface area contributed by atoms with Crippen molar-refractivity contribution in [1.29, 1.82) is 0 Å². The molecule has 5 heteroatoms. The van der Waals surface area contributed by atoms with Crippen LogP contribution in [0.4, 0.5) is 0 Å². The highest BCUT2D eigenvalue weighted by molar-refractivity contribution is 5.69. The van der Waals surface area contributed by atoms with E-state index in [2.05, 4.69) is 4.98 Å². The zero-order chi connectivity index (χ0) is 10.6. The predicted molar refractivity (Wildman–Crippen MR) is 47.4 cm³/mol. The van der Waals surface area contributed by atoms with Crippen LogP contribution in [0.5, 0.6) is 5.75 Å². The summed E-state index contributed by atoms with van der Waals surface area (Å²) in [6, 6.07) is 3.02. The summed E-state index contributed by atoms with van der Waals surface area (Å²) in [7, 11) is 0. The molecular weight excluding hydrogens is 186 g/mol. The molecule has 0 aliphatic heterocycles. The molecule has 0 saturated heterocycles. The van der Waals surface area contributed by atoms with Crippen molar-refractivity contribution in [2.45, 2.75) is 20.1 Å². The molecule has 76 valence electrons. The molecule has 0 aliphatic rings. The Labute approximate surface area is 81.0 Å². The molecule has 0 spiro atoms. The first kappa shape index (κ1) is 10.6. The normalized spacial score (nSPS) is 9.93. The molecule has 1 heterocycles. The number of aliphatic hydroxyl groups is 2. The molecule has 0 aliphatic carbocycles. The maximum Gasteiger partial charge on any atom is 0.308 e. The fourth-order valence-corrected chi connectivity index (χ4v) is 0.983. The second-order valence-corrected chi connectivity index (χ2v) is 2.66. The van der Waals surface area contributed by atoms with Crippen LogP contribution in [0.1, 0.15) is 18.3 Å². The van der Waals surface area contributed by atoms with E-state index in [4.69, 9.17) is 14.9 Å². The number of ether oxygens (including phenoxy) is 1. The maximum atomic E-state index is 10.7. The molecule has 5 nitrogen and oxygen atoms in total. The number of aromatic nitrogens is 1. The highest BCUT2D eigenvalue weighted by Gasteiger charge is 2.07. The number of esters is 1. The molecule has 0 atom stereocenters. The fourth-order valence-electron chi connectivity index (χ4n) is 0.983. The van der Waals surface area contributed by atoms with E-state index in [1.165, 1.54) is 19.1 Å². The minimum absolute atomic E-state index is 0.215. The second-order valence-electron chi connectivity index (χ2n) is 2.66. The molecule has 1 rings (SSSR count). The Hall–Kier alpha value is -1.46. The summed E-state index contributed by atoms with van der Waals surface area (Å²) in [6.45, 7) is 0.713. The summed E-state index contributed by atoms with van der Waals surface area (Å²) in [4.78, 5) is 14.5. The number of rotatable bonds is 3. The highest BCUT2D eigenvalue weighted by Crippen LogP contribution is 2.17. The van der Waals surface area contributed by atoms with E-state index in [0.29, 0.717) is 5.69 Å². The summed E-state index contributed by atoms with van der Waals surface area (Å²) in [5, 5.41) is 17.7. The Bertz CT molecular complexity index is 338. The molecule has 0 amide bonds. The van der Waals surface area contributed by atoms with E-state index in [0.717, 1.165) is 0 Å². The van der Waals surface area contributed by atoms with Gasteiger partial charge < -0.3 is 14.9 Å². The third-order valence-electron chi connectivity index (χ3n) is 1.56. The minimum Gasteiger partial charge on any atom is -0.425 e. The van der Waals surface area contributed by atoms with Gasteiger partial charge in [0.05, 0.1) is 18.9 Å². The molecule has 2 N–H and O–H groups in total. The molecule has 0 bridgehead atoms. The van der Waals surface area contributed by atoms with Crippen LogP contribution in [-0.4, -0.2) is 21.2 Å². The Morgan fingerprint density at radius 2 is 2.14 bits per heavy atom. The lowest BCUT2D eigenvalue weighted by Gasteiger charge is -2.06. The van der Waals surface area contributed by atoms with Gasteiger partial charge in [0.15, 0.2) is 5.75 Å². The van der Waals surface area contributed by atoms with Gasteiger partial charge in [-0.25, -0.2) is 4.98 Å². The quantitative estimate of drug-likeness (QED) is 0.666. The van der Waals surface area contributed by atoms with E-state index in [9.17, 15) is 4.79 Å². The first-order chi connectivity index (χ1) is 6.67. The molecule has 0 aromatic carbocycles. The second kappa shape index (κ2) is 4.69. The number of hydrogen-bond donors (Lipinski definition) is 2. The lowest BCUT2D eigenvalue weighted by molar-refractivity contribution is -0.132. The number of pyridine rings is 1. The van der Waals surface area contributed by atoms with Crippen LogP contribution in [0.2, 0.25) is 0 Å². The summed E-state index contributed by atoms with van der Waals surface area (Å²) in [6.07, 6.45) is 0. The average molecular weight is 197 g/mol. The van der Waals surface area contributed by atoms with Crippen LogP contribution in [0.15, 0.2) is 12.1 Å². The van der Waals surface area contributed by atoms with Crippen LogP contribution in [0, 0.1) is 0 Å². The minimum atomic E-state index is -0.474. The van der Waals surface area contributed by atoms with Gasteiger partial charge >= 0.3 is 5.97 Å². The lowest BCUT2D eigenvalue weighted by Crippen LogP contribution is -2.06. The van der Waals surface area contributed by atoms with Crippen LogP contribution >= 0.6 is 0 Å². The molecule has 14 heavy (non-hydrogen) atoms. The van der Waals surface area contributed by atoms with Gasteiger partial charge in [-0.2, -0.15) is 0 Å². The van der Waals surface area contributed by atoms with E-state index in [1.54, 1.807) is 0 Å². The fraction of sp³-hybridized carbons (Fsp3) is 0.333. The molecule has 0 fully saturated rings. The van der Waals surface area contributed by atoms with Gasteiger partial charge in [0.2, 0.25) is 0 Å². The third-order valence-corrected chi connectivity index (χ3v) is 1.56. The van der Waals surface area contributed by atoms with Gasteiger partial charge in [0.25, 0.3) is 0 Å². The molecular formula is C9H11NO4. The van der Waals surface area contributed by atoms with Crippen molar-refractivity contribution in [2.24, 2.45) is 0 Å². The van der Waals surface area contributed by atoms with Crippen LogP contribution < -0.4 is 4.74 Å². The van der Waals surface area contributed by atoms with Crippen molar-refractivity contribution in [2.75, 3.05) is 0 Å². The van der Waals surface area contributed by atoms with Gasteiger partial charge in [0.1, 0.15) is 5.69 Å². The monoisotopic (exact) mass is 197 g/mol. The zero-order valence-corrected chi connectivity index (χ0v) is 7.73. The van der Waals surface area contributed by atoms with Crippen molar-refractivity contribution < 1.29 is 19.7 Å². The van der Waals surface area contributed by atoms with Gasteiger partial charge in [-0.15, -0.1) is 0 Å². The standard InChI is InChI=1S/C9H11NO4/c1-6(13)14-9-3-2-7(4-11)10-8(9)5-12/h2-3,11-12H,4-5H2,1H3. The van der Waals surface area contributed by atoms with Crippen molar-refractivity contribution in [1.82, 2.24) is 4.98 Å². The van der Waals surface area contributed by atoms with Crippen molar-refractivity contribution in [3.8, 4) is 5.75 Å². The molecule has 0 unspecified atom stereocenters. The van der Waals surface area contributed by atoms with Crippen molar-refractivity contribution in [3.63, 3.8) is 0 Å². The Kier molecular flexibility index (Phi) is 3.55. The Balaban J connectivity index is 2.98. The first-order valence-electron chi connectivity index (χ1n) is 4.06. The van der Waals surface area contributed by atoms with Crippen LogP contribution in [0.3, 0.4) is 0 Å². The lowest BCUT2D eigenvalue weighted by atomic mass is 10.3. The third kappa shape index (κ3) is 2.51. The Morgan fingerprint density at radius 3 is 2.64 bits per heavy atom. The van der Waals surface area contributed by atoms with E-state index < -0.39 is 5.97 Å². The van der Waals surface area contributed by atoms with Crippen LogP contribution in [-0.2, 0) is 18.0 Å². The Morgan fingerprint density at radius 1 is 1.43 bits per heavy atom. The summed E-state index contributed by atoms with van der Waals surface area (Å²) in [5.74, 6) is -0.254. The van der Waals surface area contributed by atoms with Crippen molar-refractivity contribution in [3.05, 3.63) is 23.5 Å². The first-order valence-corrected chi connectivity index (χ1v) is 4.06. The highest BCUT2D eigenvalue weighted by atomic mass is 16.5. The molecule has 1 aromatic heterocycles. The maximum absolute atomic E-state index is 10.7. The van der Waals surface area contributed by atoms with E-state index in [-0.39, 0.29) is 24.7 Å². The summed E-state index contributed by atoms with van der Waals surface area (Å²) >= 11 is 0. The average Bonchev–Trinajstić information content (AvgIpc) is 2.17. The number of hydrogen-bond acceptors (Lipinski definition) is 5. The molecule has 0 saturated carbocycles. The molecule has 0 radical (unpaired) electrons. The largest absolute Gasteiger partial charge is 0.425 e. The SMILES string of the molecule is CC(=O)Oc1ccc(CO)nc1CO. The van der Waals surface area contributed by atoms with Crippen molar-refractivity contribution >= 4 is 5.97 Å². The summed E-state index contributed by atoms with van der Waals surface area (Å²) < 4.78 is 4.79. The van der Waals surface area contributed by atoms with Crippen LogP contribution in [0.25, 0.3) is 0 Å². The number of aliphatic hydroxyl groups excluding tert-OH is 2. The van der Waals surface area contributed by atoms with E-state index >= 15 is 0 Å². The van der Waals surface area contributed by atoms with E-state index in [1.807, 2.05) is 0 Å². The number of nitrogens with zero attached hydrogens (tertiary/aromatic N) is 1. The van der Waals surface area contributed by atoms with Gasteiger partial charge in [-0.05, 0) is 12.1 Å². The van der Waals surface area contributed by atoms with Gasteiger partial charge in [0, 0.05) is 6.92 Å². The van der Waals surface area contributed by atoms with Gasteiger partial charge in [-0.3, -0.25) is 4.79 Å². The van der Waals surface area contributed by atoms with Gasteiger partial charge in [-0.1, -0.05) is 0 Å². The smallest absolute Gasteiger partial charge is 0.308 e. The predicted octanol–water partition coefficient (Wildman–Crippen LogP) is -0.00850. The zero-order valence-electron chi connectivity index (χ0n) is 7.73. The number of carbonyl (C=O) groups is 1. The summed E-state index contributed by atoms with van der Waals surface area (Å²) in [5.41, 5.74) is 0.664.